The van der Waals surface area contributed by atoms with Crippen molar-refractivity contribution in [2.24, 2.45) is 0 Å². The maximum absolute atomic E-state index is 9.65. The van der Waals surface area contributed by atoms with Gasteiger partial charge in [0.15, 0.2) is 0 Å². The van der Waals surface area contributed by atoms with Crippen LogP contribution in [0.25, 0.3) is 87.6 Å². The molecule has 1 aromatic heterocycles. The van der Waals surface area contributed by atoms with E-state index in [-0.39, 0.29) is 52.6 Å². The molecule has 9 rings (SSSR count). The third-order valence-electron chi connectivity index (χ3n) is 8.41. The molecular weight excluding hydrogens is 520 g/mol. The highest BCUT2D eigenvalue weighted by Crippen LogP contribution is 2.46. The van der Waals surface area contributed by atoms with E-state index in [1.54, 1.807) is 0 Å². The van der Waals surface area contributed by atoms with E-state index in [1.165, 1.54) is 0 Å². The first-order valence-corrected chi connectivity index (χ1v) is 14.3. The van der Waals surface area contributed by atoms with Crippen molar-refractivity contribution in [2.45, 2.75) is 0 Å². The fourth-order valence-electron chi connectivity index (χ4n) is 6.54. The van der Waals surface area contributed by atoms with Gasteiger partial charge in [-0.25, -0.2) is 0 Å². The normalized spacial score (nSPS) is 13.7. The average molecular weight is 553 g/mol. The molecule has 1 nitrogen and oxygen atoms in total. The van der Waals surface area contributed by atoms with E-state index in [2.05, 4.69) is 12.1 Å². The van der Waals surface area contributed by atoms with Crippen molar-refractivity contribution in [1.29, 1.82) is 0 Å². The summed E-state index contributed by atoms with van der Waals surface area (Å²) in [6.45, 7) is 0. The molecule has 0 bridgehead atoms. The predicted molar refractivity (Wildman–Crippen MR) is 183 cm³/mol. The van der Waals surface area contributed by atoms with Gasteiger partial charge >= 0.3 is 0 Å². The zero-order valence-electron chi connectivity index (χ0n) is 29.0. The lowest BCUT2D eigenvalue weighted by atomic mass is 9.84. The Kier molecular flexibility index (Phi) is 4.11. The Hall–Kier alpha value is -5.66. The monoisotopic (exact) mass is 552 g/mol. The fourth-order valence-corrected chi connectivity index (χ4v) is 6.54. The molecule has 0 saturated carbocycles. The topological polar surface area (TPSA) is 13.1 Å². The second-order valence-electron chi connectivity index (χ2n) is 10.8. The SMILES string of the molecule is [2H]c1c([2H])c([2H])c2c(-c3c4ccccc4c(-c4ccccc4)c4ccccc34)c([2H])c([2H])c(-c3ccc4c(c3)oc3ccccc34)c2c1[2H]. The first kappa shape index (κ1) is 18.7. The number of para-hydroxylation sites is 1. The van der Waals surface area contributed by atoms with E-state index < -0.39 is 0 Å². The van der Waals surface area contributed by atoms with Crippen molar-refractivity contribution >= 4 is 54.3 Å². The summed E-state index contributed by atoms with van der Waals surface area (Å²) in [5.74, 6) is 0. The Bertz CT molecular complexity index is 2780. The fraction of sp³-hybridized carbons (Fsp3) is 0. The van der Waals surface area contributed by atoms with Gasteiger partial charge in [-0.1, -0.05) is 139 Å². The molecule has 0 N–H and O–H groups in total. The van der Waals surface area contributed by atoms with E-state index in [9.17, 15) is 5.48 Å². The van der Waals surface area contributed by atoms with Crippen LogP contribution >= 0.6 is 0 Å². The summed E-state index contributed by atoms with van der Waals surface area (Å²) in [4.78, 5) is 0. The van der Waals surface area contributed by atoms with Crippen LogP contribution in [0, 0.1) is 0 Å². The first-order chi connectivity index (χ1) is 23.8. The molecule has 1 heterocycles. The largest absolute Gasteiger partial charge is 0.456 e. The number of rotatable bonds is 3. The molecule has 0 atom stereocenters. The lowest BCUT2D eigenvalue weighted by molar-refractivity contribution is 0.669. The molecule has 0 saturated heterocycles. The van der Waals surface area contributed by atoms with Crippen LogP contribution in [0.3, 0.4) is 0 Å². The standard InChI is InChI=1S/C42H26O/c1-2-12-27(13-3-1)41-34-17-6-8-19-36(34)42(37-20-9-7-18-35(37)41)38-25-24-29(30-14-4-5-15-31(30)38)28-22-23-33-32-16-10-11-21-39(32)43-40(33)26-28/h1-26H/i4D,5D,14D,15D,24D,25D. The second kappa shape index (κ2) is 9.44. The Morgan fingerprint density at radius 2 is 0.907 bits per heavy atom. The lowest BCUT2D eigenvalue weighted by Crippen LogP contribution is -1.92. The van der Waals surface area contributed by atoms with Gasteiger partial charge in [0.25, 0.3) is 0 Å². The van der Waals surface area contributed by atoms with Gasteiger partial charge in [-0.05, 0) is 83.9 Å². The minimum Gasteiger partial charge on any atom is -0.456 e. The number of furan rings is 1. The number of fused-ring (bicyclic) bond motifs is 6. The van der Waals surface area contributed by atoms with Gasteiger partial charge in [-0.15, -0.1) is 0 Å². The summed E-state index contributed by atoms with van der Waals surface area (Å²) >= 11 is 0. The van der Waals surface area contributed by atoms with Crippen molar-refractivity contribution in [3.63, 3.8) is 0 Å². The highest BCUT2D eigenvalue weighted by molar-refractivity contribution is 6.24. The first-order valence-electron chi connectivity index (χ1n) is 17.3. The van der Waals surface area contributed by atoms with Crippen molar-refractivity contribution in [3.8, 4) is 33.4 Å². The Morgan fingerprint density at radius 1 is 0.372 bits per heavy atom. The molecule has 0 aliphatic rings. The van der Waals surface area contributed by atoms with Crippen molar-refractivity contribution in [3.05, 3.63) is 158 Å². The van der Waals surface area contributed by atoms with E-state index in [0.717, 1.165) is 49.0 Å². The summed E-state index contributed by atoms with van der Waals surface area (Å²) in [6, 6.07) is 37.9. The van der Waals surface area contributed by atoms with E-state index in [0.29, 0.717) is 22.3 Å². The Morgan fingerprint density at radius 3 is 1.60 bits per heavy atom. The molecule has 200 valence electrons. The molecule has 0 aliphatic carbocycles. The minimum absolute atomic E-state index is 0.111. The van der Waals surface area contributed by atoms with Gasteiger partial charge in [0.05, 0.1) is 8.22 Å². The van der Waals surface area contributed by atoms with Crippen LogP contribution < -0.4 is 0 Å². The van der Waals surface area contributed by atoms with Crippen molar-refractivity contribution in [2.75, 3.05) is 0 Å². The molecule has 8 aromatic carbocycles. The zero-order chi connectivity index (χ0) is 33.6. The minimum atomic E-state index is -0.388. The maximum Gasteiger partial charge on any atom is 0.136 e. The predicted octanol–water partition coefficient (Wildman–Crippen LogP) is 12.0. The van der Waals surface area contributed by atoms with Crippen LogP contribution in [-0.4, -0.2) is 0 Å². The molecular formula is C42H26O. The quantitative estimate of drug-likeness (QED) is 0.199. The molecule has 1 heteroatoms. The zero-order valence-corrected chi connectivity index (χ0v) is 23.0. The van der Waals surface area contributed by atoms with Gasteiger partial charge in [0.2, 0.25) is 0 Å². The molecule has 0 amide bonds. The summed E-state index contributed by atoms with van der Waals surface area (Å²) in [5, 5.41) is 5.83. The highest BCUT2D eigenvalue weighted by Gasteiger charge is 2.19. The van der Waals surface area contributed by atoms with Crippen LogP contribution in [0.2, 0.25) is 0 Å². The van der Waals surface area contributed by atoms with Crippen LogP contribution in [-0.2, 0) is 0 Å². The summed E-state index contributed by atoms with van der Waals surface area (Å²) < 4.78 is 61.3. The van der Waals surface area contributed by atoms with Crippen LogP contribution in [0.1, 0.15) is 8.22 Å². The Balaban J connectivity index is 1.46. The van der Waals surface area contributed by atoms with Crippen molar-refractivity contribution in [1.82, 2.24) is 0 Å². The van der Waals surface area contributed by atoms with Gasteiger partial charge < -0.3 is 4.42 Å². The molecule has 0 radical (unpaired) electrons. The van der Waals surface area contributed by atoms with E-state index in [1.807, 2.05) is 109 Å². The maximum atomic E-state index is 9.65. The highest BCUT2D eigenvalue weighted by atomic mass is 16.3. The molecule has 0 fully saturated rings. The van der Waals surface area contributed by atoms with Gasteiger partial charge in [-0.3, -0.25) is 0 Å². The van der Waals surface area contributed by atoms with E-state index in [4.69, 9.17) is 7.16 Å². The van der Waals surface area contributed by atoms with Gasteiger partial charge in [0, 0.05) is 10.8 Å². The molecule has 9 aromatic rings. The lowest BCUT2D eigenvalue weighted by Gasteiger charge is -2.19. The molecule has 43 heavy (non-hydrogen) atoms. The summed E-state index contributed by atoms with van der Waals surface area (Å²) in [7, 11) is 0. The van der Waals surface area contributed by atoms with Gasteiger partial charge in [0.1, 0.15) is 11.2 Å². The Labute approximate surface area is 257 Å². The third kappa shape index (κ3) is 3.65. The molecule has 0 unspecified atom stereocenters. The van der Waals surface area contributed by atoms with Gasteiger partial charge in [-0.2, -0.15) is 0 Å². The van der Waals surface area contributed by atoms with Crippen LogP contribution in [0.5, 0.6) is 0 Å². The van der Waals surface area contributed by atoms with Crippen molar-refractivity contribution < 1.29 is 12.6 Å². The van der Waals surface area contributed by atoms with Crippen LogP contribution in [0.4, 0.5) is 0 Å². The number of hydrogen-bond acceptors (Lipinski definition) is 1. The smallest absolute Gasteiger partial charge is 0.136 e. The number of benzene rings is 8. The molecule has 0 spiro atoms. The third-order valence-corrected chi connectivity index (χ3v) is 8.41. The number of hydrogen-bond donors (Lipinski definition) is 0. The molecule has 0 aliphatic heterocycles. The van der Waals surface area contributed by atoms with Crippen LogP contribution in [0.15, 0.2) is 162 Å². The second-order valence-corrected chi connectivity index (χ2v) is 10.8. The summed E-state index contributed by atoms with van der Waals surface area (Å²) in [5.41, 5.74) is 5.18. The van der Waals surface area contributed by atoms with E-state index >= 15 is 0 Å². The average Bonchev–Trinajstić information content (AvgIpc) is 3.51. The summed E-state index contributed by atoms with van der Waals surface area (Å²) in [6.07, 6.45) is 0.